The van der Waals surface area contributed by atoms with Gasteiger partial charge in [0.15, 0.2) is 0 Å². The largest absolute Gasteiger partial charge is 0.0622 e. The molecule has 4 fully saturated rings. The molecule has 4 aliphatic carbocycles. The molecule has 0 saturated heterocycles. The van der Waals surface area contributed by atoms with Crippen LogP contribution in [0.15, 0.2) is 0 Å². The highest BCUT2D eigenvalue weighted by molar-refractivity contribution is 4.89. The molecule has 0 nitrogen and oxygen atoms in total. The van der Waals surface area contributed by atoms with Gasteiger partial charge in [0.1, 0.15) is 0 Å². The van der Waals surface area contributed by atoms with Crippen molar-refractivity contribution in [2.75, 3.05) is 0 Å². The highest BCUT2D eigenvalue weighted by atomic mass is 14.4. The first-order chi connectivity index (χ1) is 14.3. The molecule has 0 heterocycles. The van der Waals surface area contributed by atoms with Gasteiger partial charge in [0.05, 0.1) is 0 Å². The van der Waals surface area contributed by atoms with Crippen molar-refractivity contribution in [1.29, 1.82) is 0 Å². The summed E-state index contributed by atoms with van der Waals surface area (Å²) < 4.78 is 0. The van der Waals surface area contributed by atoms with E-state index in [9.17, 15) is 0 Å². The lowest BCUT2D eigenvalue weighted by molar-refractivity contribution is 0.128. The lowest BCUT2D eigenvalue weighted by atomic mass is 9.68. The molecule has 4 atom stereocenters. The zero-order valence-electron chi connectivity index (χ0n) is 19.9. The van der Waals surface area contributed by atoms with E-state index in [1.165, 1.54) is 77.0 Å². The number of hydrogen-bond donors (Lipinski definition) is 0. The van der Waals surface area contributed by atoms with Crippen LogP contribution in [0.2, 0.25) is 0 Å². The second kappa shape index (κ2) is 11.6. The molecule has 0 aromatic carbocycles. The van der Waals surface area contributed by atoms with E-state index in [1.54, 1.807) is 57.8 Å². The van der Waals surface area contributed by atoms with Crippen molar-refractivity contribution in [2.24, 2.45) is 41.4 Å². The standard InChI is InChI=1S/C29H52/c1-23-13-7-3-2-4-12-18-29(23)28-21-26(24-14-8-5-9-15-24)19-20-27(22-28)25-16-10-6-11-17-25/h23-29H,2-22H2,1H3. The van der Waals surface area contributed by atoms with Gasteiger partial charge >= 0.3 is 0 Å². The molecule has 0 N–H and O–H groups in total. The molecule has 4 saturated carbocycles. The van der Waals surface area contributed by atoms with Crippen LogP contribution in [0.4, 0.5) is 0 Å². The van der Waals surface area contributed by atoms with Crippen molar-refractivity contribution in [3.63, 3.8) is 0 Å². The molecule has 0 bridgehead atoms. The lowest BCUT2D eigenvalue weighted by Gasteiger charge is -2.37. The summed E-state index contributed by atoms with van der Waals surface area (Å²) in [5.74, 6) is 7.51. The van der Waals surface area contributed by atoms with Crippen molar-refractivity contribution < 1.29 is 0 Å². The minimum absolute atomic E-state index is 0.996. The minimum atomic E-state index is 0.996. The minimum Gasteiger partial charge on any atom is -0.0622 e. The fourth-order valence-electron chi connectivity index (χ4n) is 8.53. The van der Waals surface area contributed by atoms with Crippen molar-refractivity contribution in [2.45, 2.75) is 142 Å². The van der Waals surface area contributed by atoms with Crippen molar-refractivity contribution >= 4 is 0 Å². The van der Waals surface area contributed by atoms with E-state index in [2.05, 4.69) is 6.92 Å². The third-order valence-electron chi connectivity index (χ3n) is 10.3. The van der Waals surface area contributed by atoms with E-state index in [1.807, 2.05) is 0 Å². The Labute approximate surface area is 183 Å². The zero-order valence-corrected chi connectivity index (χ0v) is 19.9. The van der Waals surface area contributed by atoms with Gasteiger partial charge in [0.25, 0.3) is 0 Å². The monoisotopic (exact) mass is 400 g/mol. The SMILES string of the molecule is CC1CCCCCCCC1C1CC(C2CCCCC2)CCC(C2CCCCC2)C1. The van der Waals surface area contributed by atoms with E-state index in [-0.39, 0.29) is 0 Å². The normalized spacial score (nSPS) is 39.8. The van der Waals surface area contributed by atoms with Crippen LogP contribution in [0.25, 0.3) is 0 Å². The molecule has 0 amide bonds. The van der Waals surface area contributed by atoms with E-state index in [0.29, 0.717) is 0 Å². The topological polar surface area (TPSA) is 0 Å². The third kappa shape index (κ3) is 6.26. The fourth-order valence-corrected chi connectivity index (χ4v) is 8.53. The molecule has 0 radical (unpaired) electrons. The summed E-state index contributed by atoms with van der Waals surface area (Å²) in [5, 5.41) is 0. The summed E-state index contributed by atoms with van der Waals surface area (Å²) in [6.07, 6.45) is 32.7. The van der Waals surface area contributed by atoms with Crippen LogP contribution in [0.5, 0.6) is 0 Å². The van der Waals surface area contributed by atoms with Gasteiger partial charge < -0.3 is 0 Å². The van der Waals surface area contributed by atoms with Crippen LogP contribution in [0, 0.1) is 41.4 Å². The Morgan fingerprint density at radius 3 is 1.31 bits per heavy atom. The van der Waals surface area contributed by atoms with Crippen LogP contribution in [-0.4, -0.2) is 0 Å². The van der Waals surface area contributed by atoms with Crippen LogP contribution < -0.4 is 0 Å². The van der Waals surface area contributed by atoms with Crippen LogP contribution in [0.3, 0.4) is 0 Å². The van der Waals surface area contributed by atoms with E-state index >= 15 is 0 Å². The summed E-state index contributed by atoms with van der Waals surface area (Å²) in [6.45, 7) is 2.66. The molecule has 4 rings (SSSR count). The molecule has 4 aliphatic rings. The van der Waals surface area contributed by atoms with E-state index < -0.39 is 0 Å². The Morgan fingerprint density at radius 1 is 0.345 bits per heavy atom. The zero-order chi connectivity index (χ0) is 19.9. The van der Waals surface area contributed by atoms with E-state index in [4.69, 9.17) is 0 Å². The Kier molecular flexibility index (Phi) is 8.86. The quantitative estimate of drug-likeness (QED) is 0.414. The maximum absolute atomic E-state index is 2.66. The second-order valence-electron chi connectivity index (χ2n) is 12.1. The maximum atomic E-state index is 2.66. The summed E-state index contributed by atoms with van der Waals surface area (Å²) in [4.78, 5) is 0. The van der Waals surface area contributed by atoms with Crippen molar-refractivity contribution in [3.8, 4) is 0 Å². The first-order valence-corrected chi connectivity index (χ1v) is 14.3. The molecule has 0 aliphatic heterocycles. The molecule has 168 valence electrons. The fraction of sp³-hybridized carbons (Fsp3) is 1.00. The van der Waals surface area contributed by atoms with Crippen molar-refractivity contribution in [3.05, 3.63) is 0 Å². The first-order valence-electron chi connectivity index (χ1n) is 14.3. The predicted octanol–water partition coefficient (Wildman–Crippen LogP) is 9.57. The van der Waals surface area contributed by atoms with Crippen LogP contribution >= 0.6 is 0 Å². The molecule has 0 aromatic heterocycles. The number of hydrogen-bond acceptors (Lipinski definition) is 0. The molecule has 29 heavy (non-hydrogen) atoms. The summed E-state index contributed by atoms with van der Waals surface area (Å²) >= 11 is 0. The van der Waals surface area contributed by atoms with Gasteiger partial charge in [-0.25, -0.2) is 0 Å². The summed E-state index contributed by atoms with van der Waals surface area (Å²) in [7, 11) is 0. The van der Waals surface area contributed by atoms with Crippen LogP contribution in [0.1, 0.15) is 142 Å². The Bertz CT molecular complexity index is 413. The average Bonchev–Trinajstić information content (AvgIpc) is 2.93. The first kappa shape index (κ1) is 22.2. The Morgan fingerprint density at radius 2 is 0.759 bits per heavy atom. The van der Waals surface area contributed by atoms with Gasteiger partial charge in [-0.05, 0) is 73.5 Å². The van der Waals surface area contributed by atoms with Crippen molar-refractivity contribution in [1.82, 2.24) is 0 Å². The smallest absolute Gasteiger partial charge is 0.0360 e. The molecule has 0 heteroatoms. The maximum Gasteiger partial charge on any atom is -0.0360 e. The lowest BCUT2D eigenvalue weighted by Crippen LogP contribution is -2.28. The van der Waals surface area contributed by atoms with Gasteiger partial charge in [-0.1, -0.05) is 110 Å². The Hall–Kier alpha value is 0. The predicted molar refractivity (Wildman–Crippen MR) is 127 cm³/mol. The highest BCUT2D eigenvalue weighted by Crippen LogP contribution is 2.49. The average molecular weight is 401 g/mol. The highest BCUT2D eigenvalue weighted by Gasteiger charge is 2.38. The summed E-state index contributed by atoms with van der Waals surface area (Å²) in [6, 6.07) is 0. The third-order valence-corrected chi connectivity index (χ3v) is 10.3. The molecule has 0 aromatic rings. The number of rotatable bonds is 3. The van der Waals surface area contributed by atoms with Gasteiger partial charge in [-0.15, -0.1) is 0 Å². The molecule has 4 unspecified atom stereocenters. The molecule has 0 spiro atoms. The van der Waals surface area contributed by atoms with Gasteiger partial charge in [-0.3, -0.25) is 0 Å². The Balaban J connectivity index is 1.49. The molecular weight excluding hydrogens is 348 g/mol. The van der Waals surface area contributed by atoms with Gasteiger partial charge in [0.2, 0.25) is 0 Å². The van der Waals surface area contributed by atoms with Gasteiger partial charge in [-0.2, -0.15) is 0 Å². The van der Waals surface area contributed by atoms with E-state index in [0.717, 1.165) is 41.4 Å². The molecular formula is C29H52. The van der Waals surface area contributed by atoms with Crippen LogP contribution in [-0.2, 0) is 0 Å². The van der Waals surface area contributed by atoms with Gasteiger partial charge in [0, 0.05) is 0 Å². The second-order valence-corrected chi connectivity index (χ2v) is 12.1. The summed E-state index contributed by atoms with van der Waals surface area (Å²) in [5.41, 5.74) is 0.